The number of carbonyl (C=O) groups is 1. The smallest absolute Gasteiger partial charge is 0.237 e. The zero-order valence-electron chi connectivity index (χ0n) is 10.4. The van der Waals surface area contributed by atoms with E-state index in [1.54, 1.807) is 0 Å². The summed E-state index contributed by atoms with van der Waals surface area (Å²) in [5, 5.41) is 0. The molecule has 17 heavy (non-hydrogen) atoms. The number of morpholine rings is 1. The van der Waals surface area contributed by atoms with E-state index < -0.39 is 5.54 Å². The molecule has 0 aromatic carbocycles. The Labute approximate surface area is 102 Å². The summed E-state index contributed by atoms with van der Waals surface area (Å²) in [7, 11) is 0. The van der Waals surface area contributed by atoms with Crippen molar-refractivity contribution in [3.63, 3.8) is 0 Å². The predicted octanol–water partition coefficient (Wildman–Crippen LogP) is -0.308. The number of carbonyl (C=O) groups excluding carboxylic acids is 1. The summed E-state index contributed by atoms with van der Waals surface area (Å²) in [5.41, 5.74) is 10.8. The molecule has 1 aliphatic carbocycles. The fourth-order valence-corrected chi connectivity index (χ4v) is 2.99. The van der Waals surface area contributed by atoms with Crippen LogP contribution >= 0.6 is 0 Å². The van der Waals surface area contributed by atoms with E-state index in [1.165, 1.54) is 0 Å². The van der Waals surface area contributed by atoms with Crippen LogP contribution in [0.4, 0.5) is 0 Å². The lowest BCUT2D eigenvalue weighted by atomic mass is 9.85. The fraction of sp³-hybridized carbons (Fsp3) is 0.917. The molecule has 2 rings (SSSR count). The van der Waals surface area contributed by atoms with E-state index in [-0.39, 0.29) is 11.8 Å². The third kappa shape index (κ3) is 2.78. The van der Waals surface area contributed by atoms with Crippen LogP contribution in [0.5, 0.6) is 0 Å². The topological polar surface area (TPSA) is 81.6 Å². The molecular formula is C12H23N3O2. The van der Waals surface area contributed by atoms with Crippen LogP contribution in [0.15, 0.2) is 0 Å². The molecule has 0 bridgehead atoms. The van der Waals surface area contributed by atoms with Crippen LogP contribution in [0.2, 0.25) is 0 Å². The van der Waals surface area contributed by atoms with Crippen LogP contribution < -0.4 is 11.5 Å². The van der Waals surface area contributed by atoms with Crippen molar-refractivity contribution in [2.75, 3.05) is 32.8 Å². The average Bonchev–Trinajstić information content (AvgIpc) is 2.71. The highest BCUT2D eigenvalue weighted by molar-refractivity contribution is 5.85. The lowest BCUT2D eigenvalue weighted by molar-refractivity contribution is -0.124. The van der Waals surface area contributed by atoms with Gasteiger partial charge in [-0.1, -0.05) is 6.42 Å². The van der Waals surface area contributed by atoms with E-state index in [2.05, 4.69) is 4.90 Å². The highest BCUT2D eigenvalue weighted by atomic mass is 16.5. The van der Waals surface area contributed by atoms with Crippen molar-refractivity contribution in [1.82, 2.24) is 4.90 Å². The Hall–Kier alpha value is -0.650. The van der Waals surface area contributed by atoms with Gasteiger partial charge in [0.05, 0.1) is 18.8 Å². The standard InChI is InChI=1S/C12H23N3O2/c13-11(16)12(14)4-1-2-10(12)3-5-15-6-8-17-9-7-15/h10H,1-9,14H2,(H2,13,16). The molecule has 1 heterocycles. The lowest BCUT2D eigenvalue weighted by Crippen LogP contribution is -2.55. The normalized spacial score (nSPS) is 35.0. The molecule has 4 N–H and O–H groups in total. The highest BCUT2D eigenvalue weighted by Crippen LogP contribution is 2.35. The molecule has 0 radical (unpaired) electrons. The minimum Gasteiger partial charge on any atom is -0.379 e. The van der Waals surface area contributed by atoms with E-state index in [4.69, 9.17) is 16.2 Å². The quantitative estimate of drug-likeness (QED) is 0.707. The zero-order chi connectivity index (χ0) is 12.3. The maximum Gasteiger partial charge on any atom is 0.237 e. The van der Waals surface area contributed by atoms with Gasteiger partial charge >= 0.3 is 0 Å². The van der Waals surface area contributed by atoms with E-state index in [0.29, 0.717) is 0 Å². The minimum absolute atomic E-state index is 0.253. The summed E-state index contributed by atoms with van der Waals surface area (Å²) in [6.45, 7) is 4.60. The van der Waals surface area contributed by atoms with Gasteiger partial charge in [0.1, 0.15) is 0 Å². The Morgan fingerprint density at radius 2 is 2.12 bits per heavy atom. The number of hydrogen-bond donors (Lipinski definition) is 2. The predicted molar refractivity (Wildman–Crippen MR) is 65.3 cm³/mol. The molecular weight excluding hydrogens is 218 g/mol. The summed E-state index contributed by atoms with van der Waals surface area (Å²) in [5.74, 6) is -0.0789. The van der Waals surface area contributed by atoms with Gasteiger partial charge < -0.3 is 16.2 Å². The van der Waals surface area contributed by atoms with E-state index in [1.807, 2.05) is 0 Å². The van der Waals surface area contributed by atoms with Crippen molar-refractivity contribution in [3.05, 3.63) is 0 Å². The van der Waals surface area contributed by atoms with Crippen LogP contribution in [0.25, 0.3) is 0 Å². The van der Waals surface area contributed by atoms with Crippen molar-refractivity contribution in [1.29, 1.82) is 0 Å². The lowest BCUT2D eigenvalue weighted by Gasteiger charge is -2.32. The maximum atomic E-state index is 11.4. The minimum atomic E-state index is -0.758. The van der Waals surface area contributed by atoms with Crippen LogP contribution in [0.1, 0.15) is 25.7 Å². The molecule has 1 saturated heterocycles. The molecule has 2 atom stereocenters. The van der Waals surface area contributed by atoms with Crippen molar-refractivity contribution in [2.45, 2.75) is 31.2 Å². The number of primary amides is 1. The first-order chi connectivity index (χ1) is 8.13. The van der Waals surface area contributed by atoms with Gasteiger partial charge in [0.2, 0.25) is 5.91 Å². The molecule has 5 nitrogen and oxygen atoms in total. The summed E-state index contributed by atoms with van der Waals surface area (Å²) in [4.78, 5) is 13.8. The maximum absolute atomic E-state index is 11.4. The first-order valence-electron chi connectivity index (χ1n) is 6.52. The largest absolute Gasteiger partial charge is 0.379 e. The molecule has 2 unspecified atom stereocenters. The highest BCUT2D eigenvalue weighted by Gasteiger charge is 2.44. The summed E-state index contributed by atoms with van der Waals surface area (Å²) in [6.07, 6.45) is 3.77. The van der Waals surface area contributed by atoms with Gasteiger partial charge in [-0.05, 0) is 31.7 Å². The second-order valence-electron chi connectivity index (χ2n) is 5.24. The molecule has 98 valence electrons. The number of nitrogens with two attached hydrogens (primary N) is 2. The summed E-state index contributed by atoms with van der Waals surface area (Å²) in [6, 6.07) is 0. The number of amides is 1. The van der Waals surface area contributed by atoms with Crippen molar-refractivity contribution in [2.24, 2.45) is 17.4 Å². The SMILES string of the molecule is NC(=O)C1(N)CCCC1CCN1CCOCC1. The van der Waals surface area contributed by atoms with Gasteiger partial charge in [-0.25, -0.2) is 0 Å². The molecule has 2 aliphatic rings. The molecule has 0 aromatic rings. The Bertz CT molecular complexity index is 279. The van der Waals surface area contributed by atoms with Crippen LogP contribution in [-0.2, 0) is 9.53 Å². The molecule has 1 amide bonds. The number of rotatable bonds is 4. The van der Waals surface area contributed by atoms with Gasteiger partial charge in [0.25, 0.3) is 0 Å². The summed E-state index contributed by atoms with van der Waals surface area (Å²) >= 11 is 0. The van der Waals surface area contributed by atoms with Crippen LogP contribution in [-0.4, -0.2) is 49.2 Å². The molecule has 2 fully saturated rings. The van der Waals surface area contributed by atoms with E-state index in [0.717, 1.165) is 58.5 Å². The third-order valence-electron chi connectivity index (χ3n) is 4.23. The van der Waals surface area contributed by atoms with Gasteiger partial charge in [-0.2, -0.15) is 0 Å². The first-order valence-corrected chi connectivity index (χ1v) is 6.52. The van der Waals surface area contributed by atoms with Crippen molar-refractivity contribution >= 4 is 5.91 Å². The Kier molecular flexibility index (Phi) is 4.01. The van der Waals surface area contributed by atoms with Gasteiger partial charge in [-0.3, -0.25) is 9.69 Å². The van der Waals surface area contributed by atoms with Gasteiger partial charge in [0, 0.05) is 13.1 Å². The van der Waals surface area contributed by atoms with Gasteiger partial charge in [0.15, 0.2) is 0 Å². The average molecular weight is 241 g/mol. The second kappa shape index (κ2) is 5.33. The summed E-state index contributed by atoms with van der Waals surface area (Å²) < 4.78 is 5.31. The number of nitrogens with zero attached hydrogens (tertiary/aromatic N) is 1. The monoisotopic (exact) mass is 241 g/mol. The molecule has 0 aromatic heterocycles. The Morgan fingerprint density at radius 1 is 1.41 bits per heavy atom. The number of ether oxygens (including phenoxy) is 1. The Balaban J connectivity index is 1.83. The van der Waals surface area contributed by atoms with Crippen LogP contribution in [0.3, 0.4) is 0 Å². The van der Waals surface area contributed by atoms with Crippen molar-refractivity contribution < 1.29 is 9.53 Å². The third-order valence-corrected chi connectivity index (χ3v) is 4.23. The van der Waals surface area contributed by atoms with Crippen molar-refractivity contribution in [3.8, 4) is 0 Å². The molecule has 1 aliphatic heterocycles. The van der Waals surface area contributed by atoms with E-state index >= 15 is 0 Å². The molecule has 0 spiro atoms. The van der Waals surface area contributed by atoms with Gasteiger partial charge in [-0.15, -0.1) is 0 Å². The second-order valence-corrected chi connectivity index (χ2v) is 5.24. The zero-order valence-corrected chi connectivity index (χ0v) is 10.4. The number of hydrogen-bond acceptors (Lipinski definition) is 4. The fourth-order valence-electron chi connectivity index (χ4n) is 2.99. The van der Waals surface area contributed by atoms with E-state index in [9.17, 15) is 4.79 Å². The first kappa shape index (κ1) is 12.8. The Morgan fingerprint density at radius 3 is 2.76 bits per heavy atom. The molecule has 1 saturated carbocycles. The van der Waals surface area contributed by atoms with Crippen LogP contribution in [0, 0.1) is 5.92 Å². The molecule has 5 heteroatoms.